The number of rotatable bonds is 2. The maximum Gasteiger partial charge on any atom is 0.246 e. The molecule has 2 amide bonds. The van der Waals surface area contributed by atoms with Gasteiger partial charge in [0.1, 0.15) is 17.8 Å². The lowest BCUT2D eigenvalue weighted by atomic mass is 9.83. The Kier molecular flexibility index (Phi) is 4.06. The summed E-state index contributed by atoms with van der Waals surface area (Å²) in [5, 5.41) is 13.2. The van der Waals surface area contributed by atoms with E-state index in [0.29, 0.717) is 18.7 Å². The fourth-order valence-corrected chi connectivity index (χ4v) is 3.75. The summed E-state index contributed by atoms with van der Waals surface area (Å²) in [7, 11) is 0. The lowest BCUT2D eigenvalue weighted by Crippen LogP contribution is -2.61. The molecule has 0 aliphatic carbocycles. The molecule has 24 heavy (non-hydrogen) atoms. The van der Waals surface area contributed by atoms with E-state index < -0.39 is 6.04 Å². The van der Waals surface area contributed by atoms with Gasteiger partial charge in [0.25, 0.3) is 0 Å². The molecule has 2 saturated heterocycles. The molecule has 2 atom stereocenters. The zero-order chi connectivity index (χ0) is 17.6. The number of fused-ring (bicyclic) bond motifs is 1. The minimum Gasteiger partial charge on any atom is -0.507 e. The molecular formula is C19H26N2O3. The molecule has 0 aromatic heterocycles. The Balaban J connectivity index is 1.87. The number of carbonyl (C=O) groups excluding carboxylic acids is 2. The Labute approximate surface area is 143 Å². The zero-order valence-corrected chi connectivity index (χ0v) is 14.8. The van der Waals surface area contributed by atoms with Gasteiger partial charge in [-0.2, -0.15) is 0 Å². The van der Waals surface area contributed by atoms with Gasteiger partial charge in [0.05, 0.1) is 0 Å². The van der Waals surface area contributed by atoms with Gasteiger partial charge in [-0.25, -0.2) is 0 Å². The Morgan fingerprint density at radius 1 is 1.29 bits per heavy atom. The van der Waals surface area contributed by atoms with E-state index >= 15 is 0 Å². The second-order valence-electron chi connectivity index (χ2n) is 8.01. The third kappa shape index (κ3) is 2.87. The van der Waals surface area contributed by atoms with Crippen molar-refractivity contribution in [1.82, 2.24) is 10.2 Å². The second kappa shape index (κ2) is 5.80. The van der Waals surface area contributed by atoms with Crippen molar-refractivity contribution >= 4 is 11.8 Å². The van der Waals surface area contributed by atoms with Crippen molar-refractivity contribution < 1.29 is 14.7 Å². The molecule has 2 aliphatic heterocycles. The fourth-order valence-electron chi connectivity index (χ4n) is 3.75. The molecule has 1 aromatic carbocycles. The monoisotopic (exact) mass is 330 g/mol. The van der Waals surface area contributed by atoms with Crippen LogP contribution in [-0.2, 0) is 21.4 Å². The molecule has 0 bridgehead atoms. The van der Waals surface area contributed by atoms with Gasteiger partial charge >= 0.3 is 0 Å². The van der Waals surface area contributed by atoms with Crippen LogP contribution in [0.15, 0.2) is 12.1 Å². The van der Waals surface area contributed by atoms with E-state index in [9.17, 15) is 14.7 Å². The smallest absolute Gasteiger partial charge is 0.246 e. The number of nitrogens with one attached hydrogen (secondary N) is 1. The molecule has 3 rings (SSSR count). The largest absolute Gasteiger partial charge is 0.507 e. The number of nitrogens with zero attached hydrogens (tertiary/aromatic N) is 1. The van der Waals surface area contributed by atoms with Crippen LogP contribution in [0.4, 0.5) is 0 Å². The normalized spacial score (nSPS) is 24.1. The first-order chi connectivity index (χ1) is 11.2. The molecule has 2 aliphatic rings. The van der Waals surface area contributed by atoms with Crippen LogP contribution in [-0.4, -0.2) is 40.4 Å². The minimum atomic E-state index is -0.511. The first-order valence-corrected chi connectivity index (χ1v) is 8.62. The van der Waals surface area contributed by atoms with Gasteiger partial charge in [0.15, 0.2) is 0 Å². The first kappa shape index (κ1) is 16.8. The fraction of sp³-hybridized carbons (Fsp3) is 0.579. The quantitative estimate of drug-likeness (QED) is 0.872. The van der Waals surface area contributed by atoms with E-state index in [1.54, 1.807) is 4.90 Å². The summed E-state index contributed by atoms with van der Waals surface area (Å²) in [4.78, 5) is 26.6. The molecule has 5 heteroatoms. The average Bonchev–Trinajstić information content (AvgIpc) is 2.97. The van der Waals surface area contributed by atoms with Crippen LogP contribution >= 0.6 is 0 Å². The van der Waals surface area contributed by atoms with Crippen LogP contribution in [0, 0.1) is 6.92 Å². The third-order valence-electron chi connectivity index (χ3n) is 5.06. The number of hydrogen-bond acceptors (Lipinski definition) is 3. The van der Waals surface area contributed by atoms with Gasteiger partial charge in [-0.1, -0.05) is 32.9 Å². The van der Waals surface area contributed by atoms with Crippen molar-refractivity contribution in [3.63, 3.8) is 0 Å². The van der Waals surface area contributed by atoms with E-state index in [0.717, 1.165) is 29.5 Å². The molecule has 1 aromatic rings. The number of hydrogen-bond donors (Lipinski definition) is 2. The van der Waals surface area contributed by atoms with E-state index in [4.69, 9.17) is 0 Å². The van der Waals surface area contributed by atoms with Crippen molar-refractivity contribution in [2.45, 2.75) is 64.5 Å². The van der Waals surface area contributed by atoms with Gasteiger partial charge in [-0.05, 0) is 41.9 Å². The summed E-state index contributed by atoms with van der Waals surface area (Å²) < 4.78 is 0. The van der Waals surface area contributed by atoms with Gasteiger partial charge < -0.3 is 15.3 Å². The topological polar surface area (TPSA) is 69.6 Å². The summed E-state index contributed by atoms with van der Waals surface area (Å²) in [5.41, 5.74) is 2.44. The number of phenols is 1. The van der Waals surface area contributed by atoms with Crippen LogP contribution in [0.3, 0.4) is 0 Å². The zero-order valence-electron chi connectivity index (χ0n) is 14.8. The van der Waals surface area contributed by atoms with Crippen LogP contribution in [0.5, 0.6) is 5.75 Å². The lowest BCUT2D eigenvalue weighted by Gasteiger charge is -2.35. The highest BCUT2D eigenvalue weighted by Gasteiger charge is 2.42. The van der Waals surface area contributed by atoms with Crippen molar-refractivity contribution in [3.8, 4) is 5.75 Å². The summed E-state index contributed by atoms with van der Waals surface area (Å²) in [6.07, 6.45) is 2.11. The summed E-state index contributed by atoms with van der Waals surface area (Å²) in [6, 6.07) is 3.07. The Hall–Kier alpha value is -2.04. The molecule has 2 fully saturated rings. The van der Waals surface area contributed by atoms with Crippen molar-refractivity contribution in [3.05, 3.63) is 28.8 Å². The van der Waals surface area contributed by atoms with Crippen molar-refractivity contribution in [1.29, 1.82) is 0 Å². The standard InChI is InChI=1S/C19H26N2O3/c1-11-8-12(9-13(16(11)22)19(2,3)4)10-14-18(24)21-7-5-6-15(21)17(23)20-14/h8-9,14-15,22H,5-7,10H2,1-4H3,(H,20,23)/t14-,15-/m0/s1. The van der Waals surface area contributed by atoms with Gasteiger partial charge in [-0.3, -0.25) is 9.59 Å². The minimum absolute atomic E-state index is 0.0140. The predicted molar refractivity (Wildman–Crippen MR) is 91.9 cm³/mol. The Bertz CT molecular complexity index is 691. The van der Waals surface area contributed by atoms with Crippen LogP contribution in [0.1, 0.15) is 50.3 Å². The molecule has 2 N–H and O–H groups in total. The van der Waals surface area contributed by atoms with Gasteiger partial charge in [-0.15, -0.1) is 0 Å². The molecule has 0 spiro atoms. The molecular weight excluding hydrogens is 304 g/mol. The van der Waals surface area contributed by atoms with Crippen molar-refractivity contribution in [2.24, 2.45) is 0 Å². The number of benzene rings is 1. The highest BCUT2D eigenvalue weighted by atomic mass is 16.3. The first-order valence-electron chi connectivity index (χ1n) is 8.62. The second-order valence-corrected chi connectivity index (χ2v) is 8.01. The number of piperazine rings is 1. The molecule has 5 nitrogen and oxygen atoms in total. The Morgan fingerprint density at radius 2 is 2.00 bits per heavy atom. The number of aryl methyl sites for hydroxylation is 1. The highest BCUT2D eigenvalue weighted by molar-refractivity contribution is 5.97. The van der Waals surface area contributed by atoms with E-state index in [-0.39, 0.29) is 23.3 Å². The van der Waals surface area contributed by atoms with Crippen LogP contribution in [0.2, 0.25) is 0 Å². The van der Waals surface area contributed by atoms with Gasteiger partial charge in [0, 0.05) is 13.0 Å². The van der Waals surface area contributed by atoms with Crippen LogP contribution in [0.25, 0.3) is 0 Å². The third-order valence-corrected chi connectivity index (χ3v) is 5.06. The van der Waals surface area contributed by atoms with Crippen molar-refractivity contribution in [2.75, 3.05) is 6.54 Å². The summed E-state index contributed by atoms with van der Waals surface area (Å²) >= 11 is 0. The number of phenolic OH excluding ortho intramolecular Hbond substituents is 1. The number of aromatic hydroxyl groups is 1. The lowest BCUT2D eigenvalue weighted by molar-refractivity contribution is -0.146. The van der Waals surface area contributed by atoms with E-state index in [1.807, 2.05) is 39.8 Å². The maximum absolute atomic E-state index is 12.7. The van der Waals surface area contributed by atoms with E-state index in [1.165, 1.54) is 0 Å². The average molecular weight is 330 g/mol. The summed E-state index contributed by atoms with van der Waals surface area (Å²) in [6.45, 7) is 8.69. The highest BCUT2D eigenvalue weighted by Crippen LogP contribution is 2.34. The molecule has 2 heterocycles. The predicted octanol–water partition coefficient (Wildman–Crippen LogP) is 2.03. The molecule has 0 saturated carbocycles. The molecule has 0 unspecified atom stereocenters. The Morgan fingerprint density at radius 3 is 2.67 bits per heavy atom. The number of carbonyl (C=O) groups is 2. The SMILES string of the molecule is Cc1cc(C[C@@H]2NC(=O)[C@@H]3CCCN3C2=O)cc(C(C)(C)C)c1O. The maximum atomic E-state index is 12.7. The molecule has 0 radical (unpaired) electrons. The molecule has 130 valence electrons. The van der Waals surface area contributed by atoms with Crippen LogP contribution < -0.4 is 5.32 Å². The van der Waals surface area contributed by atoms with Gasteiger partial charge in [0.2, 0.25) is 11.8 Å². The summed E-state index contributed by atoms with van der Waals surface area (Å²) in [5.74, 6) is 0.286. The van der Waals surface area contributed by atoms with E-state index in [2.05, 4.69) is 5.32 Å². The number of amides is 2.